The summed E-state index contributed by atoms with van der Waals surface area (Å²) in [6.07, 6.45) is 7.05. The summed E-state index contributed by atoms with van der Waals surface area (Å²) in [7, 11) is 1.60. The van der Waals surface area contributed by atoms with Crippen LogP contribution in [0.5, 0.6) is 0 Å². The Hall–Kier alpha value is -1.10. The standard InChI is InChI=1S/C17H28N2O3/c1-11(15(20)18-3-4-22-2)19-16(21)17-8-12-5-13(9-17)7-14(6-12)10-17/h11-14H,3-10H2,1-2H3,(H,18,20)(H,19,21). The second-order valence-corrected chi connectivity index (χ2v) is 7.68. The third-order valence-electron chi connectivity index (χ3n) is 5.87. The van der Waals surface area contributed by atoms with Gasteiger partial charge < -0.3 is 15.4 Å². The van der Waals surface area contributed by atoms with E-state index in [9.17, 15) is 9.59 Å². The van der Waals surface area contributed by atoms with E-state index in [1.54, 1.807) is 14.0 Å². The van der Waals surface area contributed by atoms with E-state index in [1.807, 2.05) is 0 Å². The summed E-state index contributed by atoms with van der Waals surface area (Å²) >= 11 is 0. The van der Waals surface area contributed by atoms with Gasteiger partial charge in [-0.3, -0.25) is 9.59 Å². The quantitative estimate of drug-likeness (QED) is 0.730. The lowest BCUT2D eigenvalue weighted by molar-refractivity contribution is -0.148. The molecular formula is C17H28N2O3. The van der Waals surface area contributed by atoms with E-state index >= 15 is 0 Å². The lowest BCUT2D eigenvalue weighted by Crippen LogP contribution is -2.56. The van der Waals surface area contributed by atoms with Crippen LogP contribution in [-0.2, 0) is 14.3 Å². The molecule has 0 spiro atoms. The van der Waals surface area contributed by atoms with Crippen LogP contribution in [0.2, 0.25) is 0 Å². The van der Waals surface area contributed by atoms with Crippen molar-refractivity contribution in [1.82, 2.24) is 10.6 Å². The van der Waals surface area contributed by atoms with Gasteiger partial charge in [-0.1, -0.05) is 0 Å². The largest absolute Gasteiger partial charge is 0.383 e. The van der Waals surface area contributed by atoms with Crippen molar-refractivity contribution in [3.63, 3.8) is 0 Å². The molecule has 4 aliphatic rings. The van der Waals surface area contributed by atoms with Crippen molar-refractivity contribution in [2.24, 2.45) is 23.2 Å². The monoisotopic (exact) mass is 308 g/mol. The van der Waals surface area contributed by atoms with E-state index in [0.29, 0.717) is 13.2 Å². The molecule has 4 saturated carbocycles. The Labute approximate surface area is 132 Å². The first kappa shape index (κ1) is 15.8. The van der Waals surface area contributed by atoms with Gasteiger partial charge in [0.05, 0.1) is 6.61 Å². The third-order valence-corrected chi connectivity index (χ3v) is 5.87. The van der Waals surface area contributed by atoms with Crippen molar-refractivity contribution < 1.29 is 14.3 Å². The number of amides is 2. The first-order valence-corrected chi connectivity index (χ1v) is 8.60. The van der Waals surface area contributed by atoms with Gasteiger partial charge in [0.2, 0.25) is 11.8 Å². The summed E-state index contributed by atoms with van der Waals surface area (Å²) in [5.41, 5.74) is -0.185. The van der Waals surface area contributed by atoms with Crippen molar-refractivity contribution in [2.45, 2.75) is 51.5 Å². The number of ether oxygens (including phenoxy) is 1. The van der Waals surface area contributed by atoms with Crippen molar-refractivity contribution in [2.75, 3.05) is 20.3 Å². The van der Waals surface area contributed by atoms with Gasteiger partial charge in [0, 0.05) is 19.1 Å². The molecule has 4 fully saturated rings. The SMILES string of the molecule is COCCNC(=O)C(C)NC(=O)C12CC3CC(CC(C3)C1)C2. The molecule has 0 saturated heterocycles. The van der Waals surface area contributed by atoms with Gasteiger partial charge in [0.25, 0.3) is 0 Å². The van der Waals surface area contributed by atoms with E-state index in [2.05, 4.69) is 10.6 Å². The summed E-state index contributed by atoms with van der Waals surface area (Å²) in [4.78, 5) is 24.8. The summed E-state index contributed by atoms with van der Waals surface area (Å²) < 4.78 is 4.92. The molecular weight excluding hydrogens is 280 g/mol. The Bertz CT molecular complexity index is 414. The van der Waals surface area contributed by atoms with E-state index in [1.165, 1.54) is 19.3 Å². The van der Waals surface area contributed by atoms with E-state index in [-0.39, 0.29) is 17.2 Å². The summed E-state index contributed by atoms with van der Waals surface area (Å²) in [5, 5.41) is 5.76. The van der Waals surface area contributed by atoms with Gasteiger partial charge in [-0.25, -0.2) is 0 Å². The highest BCUT2D eigenvalue weighted by molar-refractivity contribution is 5.90. The van der Waals surface area contributed by atoms with Crippen LogP contribution in [0.1, 0.15) is 45.4 Å². The minimum absolute atomic E-state index is 0.112. The van der Waals surface area contributed by atoms with Crippen LogP contribution < -0.4 is 10.6 Å². The lowest BCUT2D eigenvalue weighted by atomic mass is 9.49. The Balaban J connectivity index is 1.56. The molecule has 2 amide bonds. The van der Waals surface area contributed by atoms with E-state index < -0.39 is 6.04 Å². The summed E-state index contributed by atoms with van der Waals surface area (Å²) in [5.74, 6) is 2.20. The molecule has 0 aromatic heterocycles. The normalized spacial score (nSPS) is 36.9. The van der Waals surface area contributed by atoms with Crippen molar-refractivity contribution >= 4 is 11.8 Å². The fourth-order valence-corrected chi connectivity index (χ4v) is 5.23. The number of nitrogens with one attached hydrogen (secondary N) is 2. The molecule has 0 aromatic carbocycles. The molecule has 4 rings (SSSR count). The average Bonchev–Trinajstić information content (AvgIpc) is 2.45. The highest BCUT2D eigenvalue weighted by Gasteiger charge is 2.54. The number of hydrogen-bond acceptors (Lipinski definition) is 3. The minimum Gasteiger partial charge on any atom is -0.383 e. The number of carbonyl (C=O) groups excluding carboxylic acids is 2. The van der Waals surface area contributed by atoms with Crippen LogP contribution in [0.4, 0.5) is 0 Å². The molecule has 22 heavy (non-hydrogen) atoms. The van der Waals surface area contributed by atoms with Crippen LogP contribution in [0.25, 0.3) is 0 Å². The Morgan fingerprint density at radius 2 is 1.68 bits per heavy atom. The maximum atomic E-state index is 12.8. The number of methoxy groups -OCH3 is 1. The highest BCUT2D eigenvalue weighted by atomic mass is 16.5. The molecule has 2 N–H and O–H groups in total. The van der Waals surface area contributed by atoms with Crippen molar-refractivity contribution in [3.8, 4) is 0 Å². The molecule has 124 valence electrons. The Morgan fingerprint density at radius 3 is 2.18 bits per heavy atom. The molecule has 4 aliphatic carbocycles. The van der Waals surface area contributed by atoms with Crippen molar-refractivity contribution in [1.29, 1.82) is 0 Å². The first-order valence-electron chi connectivity index (χ1n) is 8.60. The molecule has 5 heteroatoms. The third kappa shape index (κ3) is 3.00. The maximum absolute atomic E-state index is 12.8. The molecule has 0 radical (unpaired) electrons. The zero-order valence-corrected chi connectivity index (χ0v) is 13.7. The molecule has 0 heterocycles. The van der Waals surface area contributed by atoms with Gasteiger partial charge in [-0.2, -0.15) is 0 Å². The molecule has 1 unspecified atom stereocenters. The van der Waals surface area contributed by atoms with Crippen LogP contribution in [0.3, 0.4) is 0 Å². The molecule has 0 aliphatic heterocycles. The molecule has 0 aromatic rings. The topological polar surface area (TPSA) is 67.4 Å². The van der Waals surface area contributed by atoms with Gasteiger partial charge in [-0.05, 0) is 63.2 Å². The zero-order chi connectivity index (χ0) is 15.7. The number of carbonyl (C=O) groups is 2. The van der Waals surface area contributed by atoms with Crippen LogP contribution >= 0.6 is 0 Å². The summed E-state index contributed by atoms with van der Waals surface area (Å²) in [6, 6.07) is -0.475. The smallest absolute Gasteiger partial charge is 0.242 e. The van der Waals surface area contributed by atoms with Crippen LogP contribution in [0.15, 0.2) is 0 Å². The minimum atomic E-state index is -0.475. The Kier molecular flexibility index (Phi) is 4.44. The molecule has 1 atom stereocenters. The molecule has 4 bridgehead atoms. The second-order valence-electron chi connectivity index (χ2n) is 7.68. The lowest BCUT2D eigenvalue weighted by Gasteiger charge is -2.55. The first-order chi connectivity index (χ1) is 10.5. The highest BCUT2D eigenvalue weighted by Crippen LogP contribution is 2.60. The molecule has 5 nitrogen and oxygen atoms in total. The van der Waals surface area contributed by atoms with Gasteiger partial charge >= 0.3 is 0 Å². The van der Waals surface area contributed by atoms with Gasteiger partial charge in [-0.15, -0.1) is 0 Å². The predicted molar refractivity (Wildman–Crippen MR) is 83.1 cm³/mol. The van der Waals surface area contributed by atoms with Gasteiger partial charge in [0.15, 0.2) is 0 Å². The van der Waals surface area contributed by atoms with Crippen LogP contribution in [0, 0.1) is 23.2 Å². The fraction of sp³-hybridized carbons (Fsp3) is 0.882. The Morgan fingerprint density at radius 1 is 1.14 bits per heavy atom. The average molecular weight is 308 g/mol. The van der Waals surface area contributed by atoms with E-state index in [0.717, 1.165) is 37.0 Å². The maximum Gasteiger partial charge on any atom is 0.242 e. The second kappa shape index (κ2) is 6.19. The van der Waals surface area contributed by atoms with E-state index in [4.69, 9.17) is 4.74 Å². The fourth-order valence-electron chi connectivity index (χ4n) is 5.23. The number of hydrogen-bond donors (Lipinski definition) is 2. The number of rotatable bonds is 6. The summed E-state index contributed by atoms with van der Waals surface area (Å²) in [6.45, 7) is 2.73. The van der Waals surface area contributed by atoms with Crippen LogP contribution in [-0.4, -0.2) is 38.1 Å². The van der Waals surface area contributed by atoms with Crippen molar-refractivity contribution in [3.05, 3.63) is 0 Å². The zero-order valence-electron chi connectivity index (χ0n) is 13.7. The van der Waals surface area contributed by atoms with Gasteiger partial charge in [0.1, 0.15) is 6.04 Å². The predicted octanol–water partition coefficient (Wildman–Crippen LogP) is 1.47.